The van der Waals surface area contributed by atoms with Gasteiger partial charge in [-0.1, -0.05) is 131 Å². The molecule has 1 fully saturated rings. The van der Waals surface area contributed by atoms with Gasteiger partial charge in [-0.15, -0.1) is 0 Å². The third-order valence-electron chi connectivity index (χ3n) is 9.46. The van der Waals surface area contributed by atoms with E-state index in [0.717, 1.165) is 57.8 Å². The van der Waals surface area contributed by atoms with Crippen molar-refractivity contribution in [2.24, 2.45) is 0 Å². The second kappa shape index (κ2) is 36.5. The Hall–Kier alpha value is -3.17. The molecule has 0 aromatic heterocycles. The van der Waals surface area contributed by atoms with Gasteiger partial charge in [0.15, 0.2) is 12.4 Å². The average molecular weight is 865 g/mol. The SMILES string of the molecule is CC/C=C/C/C=C/C/C=C/C/C=C/CCCCC(=O)OC[C@H](CO[C@H]1O[C@H](CS(=O)(=O)O)[C@@H](O)C(O)C1O)OC(=O)CCC/C=C/C/C=C/C/C=C/CCCCCCCC. The van der Waals surface area contributed by atoms with Crippen LogP contribution < -0.4 is 0 Å². The Bertz CT molecular complexity index is 1430. The molecule has 13 heteroatoms. The first kappa shape index (κ1) is 54.8. The van der Waals surface area contributed by atoms with Gasteiger partial charge in [-0.05, 0) is 83.5 Å². The van der Waals surface area contributed by atoms with Gasteiger partial charge in [0.2, 0.25) is 0 Å². The van der Waals surface area contributed by atoms with E-state index in [4.69, 9.17) is 18.9 Å². The van der Waals surface area contributed by atoms with Gasteiger partial charge in [0, 0.05) is 12.8 Å². The van der Waals surface area contributed by atoms with Crippen molar-refractivity contribution in [3.05, 3.63) is 85.1 Å². The molecule has 60 heavy (non-hydrogen) atoms. The standard InChI is InChI=1S/C47H76O12S/c1-3-5-7-9-11-13-15-17-19-20-22-24-26-28-30-32-34-36-43(49)58-40(38-57-47-46(52)45(51)44(50)41(59-47)39-60(53,54)55)37-56-42(48)35-33-31-29-27-25-23-21-18-16-14-12-10-8-6-4-2/h6,8,12,14,17-19,21-22,24-25,27-28,30,40-41,44-47,50-52H,3-5,7,9-11,13,15-16,20,23,26,29,31-39H2,1-2H3,(H,53,54,55)/b8-6+,14-12+,19-17+,21-18+,24-22+,27-25+,30-28+/t40-,41-,44-,45?,46?,47+/m1/s1. The highest BCUT2D eigenvalue weighted by molar-refractivity contribution is 7.85. The molecule has 0 bridgehead atoms. The molecular formula is C47H76O12S. The first-order chi connectivity index (χ1) is 29.0. The normalized spacial score (nSPS) is 20.9. The van der Waals surface area contributed by atoms with Crippen molar-refractivity contribution in [1.29, 1.82) is 0 Å². The average Bonchev–Trinajstić information content (AvgIpc) is 3.21. The molecule has 0 saturated carbocycles. The number of aliphatic hydroxyl groups excluding tert-OH is 3. The van der Waals surface area contributed by atoms with Crippen LogP contribution in [0, 0.1) is 0 Å². The summed E-state index contributed by atoms with van der Waals surface area (Å²) in [5.41, 5.74) is 0. The molecule has 1 rings (SSSR count). The number of rotatable bonds is 35. The van der Waals surface area contributed by atoms with E-state index in [9.17, 15) is 37.9 Å². The Morgan fingerprint density at radius 1 is 0.583 bits per heavy atom. The van der Waals surface area contributed by atoms with Crippen LogP contribution >= 0.6 is 0 Å². The zero-order chi connectivity index (χ0) is 44.1. The van der Waals surface area contributed by atoms with Crippen molar-refractivity contribution in [3.8, 4) is 0 Å². The molecule has 0 radical (unpaired) electrons. The van der Waals surface area contributed by atoms with Gasteiger partial charge in [0.25, 0.3) is 10.1 Å². The quantitative estimate of drug-likeness (QED) is 0.0206. The molecule has 1 aliphatic rings. The fourth-order valence-corrected chi connectivity index (χ4v) is 6.73. The molecule has 6 atom stereocenters. The number of esters is 2. The third kappa shape index (κ3) is 30.8. The monoisotopic (exact) mass is 865 g/mol. The molecule has 12 nitrogen and oxygen atoms in total. The number of unbranched alkanes of at least 4 members (excludes halogenated alkanes) is 9. The topological polar surface area (TPSA) is 186 Å². The molecule has 1 aliphatic heterocycles. The highest BCUT2D eigenvalue weighted by atomic mass is 32.2. The maximum Gasteiger partial charge on any atom is 0.306 e. The summed E-state index contributed by atoms with van der Waals surface area (Å²) >= 11 is 0. The Morgan fingerprint density at radius 3 is 1.62 bits per heavy atom. The van der Waals surface area contributed by atoms with Crippen LogP contribution in [0.4, 0.5) is 0 Å². The molecule has 0 aromatic carbocycles. The van der Waals surface area contributed by atoms with Crippen molar-refractivity contribution in [2.45, 2.75) is 179 Å². The first-order valence-corrected chi connectivity index (χ1v) is 23.8. The van der Waals surface area contributed by atoms with Crippen LogP contribution in [0.15, 0.2) is 85.1 Å². The van der Waals surface area contributed by atoms with Crippen LogP contribution in [0.5, 0.6) is 0 Å². The lowest BCUT2D eigenvalue weighted by Crippen LogP contribution is -2.60. The number of hydrogen-bond donors (Lipinski definition) is 4. The number of ether oxygens (including phenoxy) is 4. The first-order valence-electron chi connectivity index (χ1n) is 22.1. The van der Waals surface area contributed by atoms with Gasteiger partial charge in [-0.2, -0.15) is 8.42 Å². The van der Waals surface area contributed by atoms with E-state index in [1.54, 1.807) is 0 Å². The maximum atomic E-state index is 12.8. The van der Waals surface area contributed by atoms with Crippen molar-refractivity contribution in [2.75, 3.05) is 19.0 Å². The molecule has 0 spiro atoms. The van der Waals surface area contributed by atoms with Gasteiger partial charge in [-0.25, -0.2) is 0 Å². The van der Waals surface area contributed by atoms with E-state index < -0.39 is 71.2 Å². The van der Waals surface area contributed by atoms with Crippen LogP contribution in [-0.4, -0.2) is 96.0 Å². The summed E-state index contributed by atoms with van der Waals surface area (Å²) in [5.74, 6) is -2.12. The Balaban J connectivity index is 2.54. The van der Waals surface area contributed by atoms with Crippen molar-refractivity contribution >= 4 is 22.1 Å². The molecular weight excluding hydrogens is 789 g/mol. The van der Waals surface area contributed by atoms with Crippen LogP contribution in [-0.2, 0) is 38.7 Å². The lowest BCUT2D eigenvalue weighted by atomic mass is 10.00. The van der Waals surface area contributed by atoms with Crippen LogP contribution in [0.3, 0.4) is 0 Å². The molecule has 4 N–H and O–H groups in total. The predicted molar refractivity (Wildman–Crippen MR) is 238 cm³/mol. The predicted octanol–water partition coefficient (Wildman–Crippen LogP) is 8.89. The number of carbonyl (C=O) groups excluding carboxylic acids is 2. The summed E-state index contributed by atoms with van der Waals surface area (Å²) in [5, 5.41) is 30.9. The van der Waals surface area contributed by atoms with Gasteiger partial charge in [0.1, 0.15) is 36.8 Å². The minimum absolute atomic E-state index is 0.0786. The smallest absolute Gasteiger partial charge is 0.306 e. The summed E-state index contributed by atoms with van der Waals surface area (Å²) in [6, 6.07) is 0. The fourth-order valence-electron chi connectivity index (χ4n) is 6.03. The highest BCUT2D eigenvalue weighted by Crippen LogP contribution is 2.24. The number of hydrogen-bond acceptors (Lipinski definition) is 11. The van der Waals surface area contributed by atoms with E-state index in [0.29, 0.717) is 19.3 Å². The van der Waals surface area contributed by atoms with E-state index in [2.05, 4.69) is 86.8 Å². The van der Waals surface area contributed by atoms with Crippen molar-refractivity contribution < 1.29 is 56.8 Å². The van der Waals surface area contributed by atoms with Crippen LogP contribution in [0.25, 0.3) is 0 Å². The van der Waals surface area contributed by atoms with Crippen molar-refractivity contribution in [3.63, 3.8) is 0 Å². The number of allylic oxidation sites excluding steroid dienone is 14. The molecule has 342 valence electrons. The fraction of sp³-hybridized carbons (Fsp3) is 0.660. The molecule has 1 heterocycles. The van der Waals surface area contributed by atoms with Crippen molar-refractivity contribution in [1.82, 2.24) is 0 Å². The lowest BCUT2D eigenvalue weighted by Gasteiger charge is -2.40. The second-order valence-electron chi connectivity index (χ2n) is 15.0. The molecule has 0 amide bonds. The van der Waals surface area contributed by atoms with Gasteiger partial charge in [-0.3, -0.25) is 14.1 Å². The summed E-state index contributed by atoms with van der Waals surface area (Å²) in [4.78, 5) is 25.3. The van der Waals surface area contributed by atoms with Crippen LogP contribution in [0.2, 0.25) is 0 Å². The summed E-state index contributed by atoms with van der Waals surface area (Å²) in [7, 11) is -4.62. The Kier molecular flexibility index (Phi) is 33.3. The van der Waals surface area contributed by atoms with Gasteiger partial charge in [0.05, 0.1) is 6.61 Å². The van der Waals surface area contributed by atoms with E-state index >= 15 is 0 Å². The highest BCUT2D eigenvalue weighted by Gasteiger charge is 2.46. The van der Waals surface area contributed by atoms with Gasteiger partial charge < -0.3 is 34.3 Å². The van der Waals surface area contributed by atoms with E-state index in [-0.39, 0.29) is 19.4 Å². The Labute approximate surface area is 360 Å². The molecule has 1 saturated heterocycles. The zero-order valence-electron chi connectivity index (χ0n) is 36.3. The number of carbonyl (C=O) groups is 2. The lowest BCUT2D eigenvalue weighted by molar-refractivity contribution is -0.297. The molecule has 0 aromatic rings. The maximum absolute atomic E-state index is 12.8. The minimum Gasteiger partial charge on any atom is -0.462 e. The van der Waals surface area contributed by atoms with E-state index in [1.165, 1.54) is 38.5 Å². The zero-order valence-corrected chi connectivity index (χ0v) is 37.1. The third-order valence-corrected chi connectivity index (χ3v) is 10.2. The van der Waals surface area contributed by atoms with Gasteiger partial charge >= 0.3 is 11.9 Å². The summed E-state index contributed by atoms with van der Waals surface area (Å²) < 4.78 is 53.9. The van der Waals surface area contributed by atoms with Crippen LogP contribution in [0.1, 0.15) is 142 Å². The summed E-state index contributed by atoms with van der Waals surface area (Å²) in [6.45, 7) is 3.54. The minimum atomic E-state index is -4.62. The largest absolute Gasteiger partial charge is 0.462 e. The molecule has 2 unspecified atom stereocenters. The molecule has 0 aliphatic carbocycles. The van der Waals surface area contributed by atoms with E-state index in [1.807, 2.05) is 12.2 Å². The Morgan fingerprint density at radius 2 is 1.07 bits per heavy atom. The number of aliphatic hydroxyl groups is 3. The second-order valence-corrected chi connectivity index (χ2v) is 16.5. The summed E-state index contributed by atoms with van der Waals surface area (Å²) in [6.07, 6.45) is 37.8.